The quantitative estimate of drug-likeness (QED) is 0.285. The molecular weight excluding hydrogens is 428 g/mol. The number of allylic oxidation sites excluding steroid dienone is 3. The second-order valence-electron chi connectivity index (χ2n) is 8.02. The Bertz CT molecular complexity index is 997. The number of ether oxygens (including phenoxy) is 1. The minimum atomic E-state index is -0.802. The summed E-state index contributed by atoms with van der Waals surface area (Å²) in [7, 11) is 1.69. The van der Waals surface area contributed by atoms with Gasteiger partial charge >= 0.3 is 0 Å². The van der Waals surface area contributed by atoms with Gasteiger partial charge in [-0.2, -0.15) is 0 Å². The molecule has 2 aliphatic rings. The van der Waals surface area contributed by atoms with Crippen molar-refractivity contribution in [3.63, 3.8) is 0 Å². The Kier molecular flexibility index (Phi) is 8.21. The lowest BCUT2D eigenvalue weighted by molar-refractivity contribution is -0.128. The molecule has 33 heavy (non-hydrogen) atoms. The maximum Gasteiger partial charge on any atom is 0.219 e. The van der Waals surface area contributed by atoms with E-state index in [0.29, 0.717) is 37.3 Å². The number of halogens is 2. The SMILES string of the molecule is C/C=C\C(=C/NC)c1ccc(F)c(NC(=N)C2=C(NC3CCOC3)CCN(C(C)=O)C2)c1F. The van der Waals surface area contributed by atoms with Gasteiger partial charge in [-0.1, -0.05) is 12.2 Å². The number of carbonyl (C=O) groups is 1. The molecule has 178 valence electrons. The second kappa shape index (κ2) is 11.1. The Hall–Kier alpha value is -3.20. The van der Waals surface area contributed by atoms with Gasteiger partial charge in [0, 0.05) is 56.6 Å². The number of hydrogen-bond donors (Lipinski definition) is 4. The molecule has 4 N–H and O–H groups in total. The normalized spacial score (nSPS) is 19.2. The average molecular weight is 460 g/mol. The van der Waals surface area contributed by atoms with Crippen LogP contribution in [0.3, 0.4) is 0 Å². The van der Waals surface area contributed by atoms with E-state index in [-0.39, 0.29) is 29.9 Å². The van der Waals surface area contributed by atoms with Gasteiger partial charge in [-0.05, 0) is 31.1 Å². The van der Waals surface area contributed by atoms with Crippen LogP contribution in [0.2, 0.25) is 0 Å². The van der Waals surface area contributed by atoms with Crippen LogP contribution in [-0.2, 0) is 9.53 Å². The molecule has 1 aromatic rings. The lowest BCUT2D eigenvalue weighted by atomic mass is 10.0. The maximum atomic E-state index is 15.4. The summed E-state index contributed by atoms with van der Waals surface area (Å²) in [6, 6.07) is 2.65. The Labute approximate surface area is 193 Å². The first-order valence-corrected chi connectivity index (χ1v) is 11.0. The van der Waals surface area contributed by atoms with Gasteiger partial charge in [0.2, 0.25) is 5.91 Å². The highest BCUT2D eigenvalue weighted by atomic mass is 19.1. The molecule has 0 saturated carbocycles. The molecule has 7 nitrogen and oxygen atoms in total. The maximum absolute atomic E-state index is 15.4. The van der Waals surface area contributed by atoms with Crippen LogP contribution in [0.15, 0.2) is 41.8 Å². The summed E-state index contributed by atoms with van der Waals surface area (Å²) in [6.45, 7) is 5.20. The molecule has 3 rings (SSSR count). The zero-order chi connectivity index (χ0) is 24.0. The summed E-state index contributed by atoms with van der Waals surface area (Å²) in [5.74, 6) is -1.86. The first kappa shape index (κ1) is 24.4. The van der Waals surface area contributed by atoms with Crippen molar-refractivity contribution in [1.82, 2.24) is 15.5 Å². The average Bonchev–Trinajstić information content (AvgIpc) is 3.30. The molecule has 0 radical (unpaired) electrons. The zero-order valence-electron chi connectivity index (χ0n) is 19.2. The third-order valence-electron chi connectivity index (χ3n) is 5.70. The van der Waals surface area contributed by atoms with Gasteiger partial charge < -0.3 is 25.6 Å². The van der Waals surface area contributed by atoms with E-state index in [0.717, 1.165) is 12.1 Å². The molecule has 1 unspecified atom stereocenters. The van der Waals surface area contributed by atoms with Gasteiger partial charge in [0.1, 0.15) is 17.3 Å². The summed E-state index contributed by atoms with van der Waals surface area (Å²) in [5.41, 5.74) is 1.63. The van der Waals surface area contributed by atoms with Crippen LogP contribution in [0.25, 0.3) is 5.57 Å². The van der Waals surface area contributed by atoms with Gasteiger partial charge in [0.05, 0.1) is 19.2 Å². The van der Waals surface area contributed by atoms with Gasteiger partial charge in [0.25, 0.3) is 0 Å². The van der Waals surface area contributed by atoms with Crippen LogP contribution in [0.4, 0.5) is 14.5 Å². The summed E-state index contributed by atoms with van der Waals surface area (Å²) in [5, 5.41) is 17.5. The predicted octanol–water partition coefficient (Wildman–Crippen LogP) is 3.38. The Morgan fingerprint density at radius 1 is 1.33 bits per heavy atom. The largest absolute Gasteiger partial charge is 0.393 e. The van der Waals surface area contributed by atoms with Gasteiger partial charge in [-0.15, -0.1) is 0 Å². The van der Waals surface area contributed by atoms with Crippen molar-refractivity contribution < 1.29 is 18.3 Å². The number of nitrogens with zero attached hydrogens (tertiary/aromatic N) is 1. The molecule has 1 aromatic carbocycles. The van der Waals surface area contributed by atoms with E-state index in [1.807, 2.05) is 0 Å². The summed E-state index contributed by atoms with van der Waals surface area (Å²) in [6.07, 6.45) is 6.45. The van der Waals surface area contributed by atoms with Crippen molar-refractivity contribution >= 4 is 23.0 Å². The molecule has 0 aromatic heterocycles. The van der Waals surface area contributed by atoms with Crippen LogP contribution in [0.5, 0.6) is 0 Å². The Morgan fingerprint density at radius 2 is 2.12 bits per heavy atom. The van der Waals surface area contributed by atoms with Crippen molar-refractivity contribution in [3.8, 4) is 0 Å². The van der Waals surface area contributed by atoms with Crippen LogP contribution < -0.4 is 16.0 Å². The minimum Gasteiger partial charge on any atom is -0.393 e. The number of anilines is 1. The predicted molar refractivity (Wildman–Crippen MR) is 126 cm³/mol. The molecule has 1 saturated heterocycles. The van der Waals surface area contributed by atoms with E-state index < -0.39 is 17.3 Å². The molecule has 1 amide bonds. The smallest absolute Gasteiger partial charge is 0.219 e. The van der Waals surface area contributed by atoms with E-state index in [4.69, 9.17) is 10.1 Å². The van der Waals surface area contributed by atoms with E-state index in [2.05, 4.69) is 16.0 Å². The third-order valence-corrected chi connectivity index (χ3v) is 5.70. The number of rotatable bonds is 7. The van der Waals surface area contributed by atoms with Crippen LogP contribution in [-0.4, -0.2) is 56.0 Å². The van der Waals surface area contributed by atoms with Gasteiger partial charge in [-0.25, -0.2) is 8.78 Å². The third kappa shape index (κ3) is 5.78. The van der Waals surface area contributed by atoms with E-state index in [1.165, 1.54) is 19.1 Å². The van der Waals surface area contributed by atoms with Crippen molar-refractivity contribution in [2.75, 3.05) is 38.7 Å². The number of benzene rings is 1. The summed E-state index contributed by atoms with van der Waals surface area (Å²) in [4.78, 5) is 13.6. The van der Waals surface area contributed by atoms with Crippen molar-refractivity contribution in [3.05, 3.63) is 59.0 Å². The van der Waals surface area contributed by atoms with Gasteiger partial charge in [0.15, 0.2) is 5.82 Å². The fourth-order valence-corrected chi connectivity index (χ4v) is 3.96. The van der Waals surface area contributed by atoms with Crippen LogP contribution in [0.1, 0.15) is 32.3 Å². The lowest BCUT2D eigenvalue weighted by Gasteiger charge is -2.32. The second-order valence-corrected chi connectivity index (χ2v) is 8.02. The van der Waals surface area contributed by atoms with Crippen LogP contribution >= 0.6 is 0 Å². The van der Waals surface area contributed by atoms with E-state index in [1.54, 1.807) is 37.2 Å². The highest BCUT2D eigenvalue weighted by Gasteiger charge is 2.27. The fourth-order valence-electron chi connectivity index (χ4n) is 3.96. The van der Waals surface area contributed by atoms with Crippen LogP contribution in [0, 0.1) is 17.0 Å². The highest BCUT2D eigenvalue weighted by molar-refractivity contribution is 6.07. The molecule has 1 atom stereocenters. The molecule has 2 aliphatic heterocycles. The zero-order valence-corrected chi connectivity index (χ0v) is 19.2. The molecule has 1 fully saturated rings. The Morgan fingerprint density at radius 3 is 2.76 bits per heavy atom. The molecule has 0 bridgehead atoms. The van der Waals surface area contributed by atoms with Crippen molar-refractivity contribution in [2.24, 2.45) is 0 Å². The molecule has 2 heterocycles. The molecular formula is C24H31F2N5O2. The van der Waals surface area contributed by atoms with Crippen molar-refractivity contribution in [1.29, 1.82) is 5.41 Å². The Balaban J connectivity index is 1.94. The minimum absolute atomic E-state index is 0.110. The standard InChI is InChI=1S/C24H31F2N5O2/c1-4-5-16(12-28-3)18-6-7-20(25)23(22(18)26)30-24(27)19-13-31(15(2)32)10-8-21(19)29-17-9-11-33-14-17/h4-7,12,17,28-29H,8-11,13-14H2,1-3H3,(H2,27,30)/b5-4-,16-12+. The summed E-state index contributed by atoms with van der Waals surface area (Å²) >= 11 is 0. The first-order chi connectivity index (χ1) is 15.8. The monoisotopic (exact) mass is 459 g/mol. The number of nitrogens with one attached hydrogen (secondary N) is 4. The topological polar surface area (TPSA) is 89.5 Å². The number of amides is 1. The molecule has 0 aliphatic carbocycles. The van der Waals surface area contributed by atoms with E-state index >= 15 is 4.39 Å². The fraction of sp³-hybridized carbons (Fsp3) is 0.417. The number of carbonyl (C=O) groups excluding carboxylic acids is 1. The van der Waals surface area contributed by atoms with Gasteiger partial charge in [-0.3, -0.25) is 10.2 Å². The first-order valence-electron chi connectivity index (χ1n) is 11.0. The highest BCUT2D eigenvalue weighted by Crippen LogP contribution is 2.29. The van der Waals surface area contributed by atoms with E-state index in [9.17, 15) is 9.18 Å². The van der Waals surface area contributed by atoms with Crippen molar-refractivity contribution in [2.45, 2.75) is 32.7 Å². The number of hydrogen-bond acceptors (Lipinski definition) is 5. The molecule has 0 spiro atoms. The molecule has 9 heteroatoms. The number of amidine groups is 1. The lowest BCUT2D eigenvalue weighted by Crippen LogP contribution is -2.43. The summed E-state index contributed by atoms with van der Waals surface area (Å²) < 4.78 is 35.5.